The summed E-state index contributed by atoms with van der Waals surface area (Å²) < 4.78 is 11.4. The van der Waals surface area contributed by atoms with E-state index in [2.05, 4.69) is 23.8 Å². The Balaban J connectivity index is 1.68. The average Bonchev–Trinajstić information content (AvgIpc) is 3.05. The molecule has 140 valence electrons. The molecule has 3 rings (SSSR count). The summed E-state index contributed by atoms with van der Waals surface area (Å²) in [6, 6.07) is 6.88. The van der Waals surface area contributed by atoms with Crippen molar-refractivity contribution in [1.29, 1.82) is 0 Å². The summed E-state index contributed by atoms with van der Waals surface area (Å²) in [6.45, 7) is 6.92. The van der Waals surface area contributed by atoms with E-state index in [-0.39, 0.29) is 0 Å². The first-order chi connectivity index (χ1) is 12.6. The second kappa shape index (κ2) is 8.54. The van der Waals surface area contributed by atoms with Gasteiger partial charge in [0.1, 0.15) is 6.61 Å². The predicted molar refractivity (Wildman–Crippen MR) is 106 cm³/mol. The average molecular weight is 374 g/mol. The minimum atomic E-state index is 0.441. The van der Waals surface area contributed by atoms with Crippen molar-refractivity contribution in [2.45, 2.75) is 58.7 Å². The summed E-state index contributed by atoms with van der Waals surface area (Å²) in [5.74, 6) is 1.43. The number of thiazole rings is 1. The molecule has 0 saturated carbocycles. The maximum atomic E-state index is 5.88. The Morgan fingerprint density at radius 1 is 1.27 bits per heavy atom. The number of aromatic nitrogens is 1. The minimum Gasteiger partial charge on any atom is -0.493 e. The monoisotopic (exact) mass is 373 g/mol. The third kappa shape index (κ3) is 4.55. The standard InChI is InChI=1S/C20H27N3O2S/c1-14-6-5-7-15(2)23(14)21-11-17-8-9-19(20(10-17)24-4)25-12-18-13-26-16(3)22-18/h8-11,13-15H,5-7,12H2,1-4H3/b21-11-/t14-,15+. The molecule has 0 amide bonds. The highest BCUT2D eigenvalue weighted by atomic mass is 32.1. The highest BCUT2D eigenvalue weighted by molar-refractivity contribution is 7.09. The van der Waals surface area contributed by atoms with Crippen LogP contribution >= 0.6 is 11.3 Å². The van der Waals surface area contributed by atoms with Crippen LogP contribution in [0.3, 0.4) is 0 Å². The van der Waals surface area contributed by atoms with Gasteiger partial charge in [0.25, 0.3) is 0 Å². The quantitative estimate of drug-likeness (QED) is 0.692. The molecular weight excluding hydrogens is 346 g/mol. The van der Waals surface area contributed by atoms with E-state index in [1.807, 2.05) is 36.7 Å². The van der Waals surface area contributed by atoms with Gasteiger partial charge >= 0.3 is 0 Å². The first-order valence-corrected chi connectivity index (χ1v) is 9.99. The van der Waals surface area contributed by atoms with Gasteiger partial charge in [0, 0.05) is 17.5 Å². The summed E-state index contributed by atoms with van der Waals surface area (Å²) >= 11 is 1.63. The van der Waals surface area contributed by atoms with Gasteiger partial charge in [0.15, 0.2) is 11.5 Å². The van der Waals surface area contributed by atoms with E-state index in [4.69, 9.17) is 14.6 Å². The molecule has 6 heteroatoms. The zero-order chi connectivity index (χ0) is 18.5. The van der Waals surface area contributed by atoms with Gasteiger partial charge in [-0.25, -0.2) is 4.98 Å². The summed E-state index contributed by atoms with van der Waals surface area (Å²) in [5.41, 5.74) is 1.94. The van der Waals surface area contributed by atoms with Crippen LogP contribution in [-0.2, 0) is 6.61 Å². The molecule has 0 unspecified atom stereocenters. The van der Waals surface area contributed by atoms with Crippen LogP contribution < -0.4 is 9.47 Å². The molecule has 2 heterocycles. The lowest BCUT2D eigenvalue weighted by Gasteiger charge is -2.36. The molecule has 0 aliphatic carbocycles. The molecule has 26 heavy (non-hydrogen) atoms. The fourth-order valence-electron chi connectivity index (χ4n) is 3.28. The largest absolute Gasteiger partial charge is 0.493 e. The number of hydrogen-bond acceptors (Lipinski definition) is 6. The Kier molecular flexibility index (Phi) is 6.14. The van der Waals surface area contributed by atoms with E-state index in [1.54, 1.807) is 18.4 Å². The smallest absolute Gasteiger partial charge is 0.161 e. The third-order valence-corrected chi connectivity index (χ3v) is 5.54. The number of benzene rings is 1. The molecule has 0 spiro atoms. The molecule has 0 radical (unpaired) electrons. The normalized spacial score (nSPS) is 20.5. The molecule has 1 saturated heterocycles. The van der Waals surface area contributed by atoms with Gasteiger partial charge < -0.3 is 9.47 Å². The van der Waals surface area contributed by atoms with Crippen molar-refractivity contribution >= 4 is 17.6 Å². The lowest BCUT2D eigenvalue weighted by atomic mass is 10.00. The number of nitrogens with zero attached hydrogens (tertiary/aromatic N) is 3. The molecule has 1 aliphatic heterocycles. The summed E-state index contributed by atoms with van der Waals surface area (Å²) in [7, 11) is 1.66. The summed E-state index contributed by atoms with van der Waals surface area (Å²) in [4.78, 5) is 4.42. The molecule has 0 N–H and O–H groups in total. The van der Waals surface area contributed by atoms with Crippen LogP contribution in [0.5, 0.6) is 11.5 Å². The first kappa shape index (κ1) is 18.7. The fraction of sp³-hybridized carbons (Fsp3) is 0.500. The Labute approximate surface area is 159 Å². The van der Waals surface area contributed by atoms with Gasteiger partial charge in [-0.05, 0) is 63.8 Å². The van der Waals surface area contributed by atoms with Gasteiger partial charge in [0.05, 0.1) is 24.0 Å². The highest BCUT2D eigenvalue weighted by Gasteiger charge is 2.22. The lowest BCUT2D eigenvalue weighted by Crippen LogP contribution is -2.39. The van der Waals surface area contributed by atoms with Gasteiger partial charge in [-0.3, -0.25) is 5.01 Å². The van der Waals surface area contributed by atoms with Crippen molar-refractivity contribution in [2.75, 3.05) is 7.11 Å². The number of aryl methyl sites for hydroxylation is 1. The summed E-state index contributed by atoms with van der Waals surface area (Å²) in [5, 5.41) is 10.00. The third-order valence-electron chi connectivity index (χ3n) is 4.72. The van der Waals surface area contributed by atoms with Gasteiger partial charge in [-0.1, -0.05) is 0 Å². The van der Waals surface area contributed by atoms with Crippen molar-refractivity contribution in [3.63, 3.8) is 0 Å². The molecule has 1 aromatic heterocycles. The molecule has 2 aromatic rings. The minimum absolute atomic E-state index is 0.441. The summed E-state index contributed by atoms with van der Waals surface area (Å²) in [6.07, 6.45) is 5.60. The molecular formula is C20H27N3O2S. The van der Waals surface area contributed by atoms with Crippen molar-refractivity contribution < 1.29 is 9.47 Å². The van der Waals surface area contributed by atoms with E-state index in [0.29, 0.717) is 24.4 Å². The zero-order valence-corrected chi connectivity index (χ0v) is 16.8. The van der Waals surface area contributed by atoms with Crippen molar-refractivity contribution in [3.05, 3.63) is 39.8 Å². The SMILES string of the molecule is COc1cc(/C=N\N2[C@H](C)CCC[C@@H]2C)ccc1OCc1csc(C)n1. The van der Waals surface area contributed by atoms with E-state index >= 15 is 0 Å². The highest BCUT2D eigenvalue weighted by Crippen LogP contribution is 2.29. The van der Waals surface area contributed by atoms with Gasteiger partial charge in [-0.15, -0.1) is 11.3 Å². The zero-order valence-electron chi connectivity index (χ0n) is 15.9. The maximum Gasteiger partial charge on any atom is 0.161 e. The number of rotatable bonds is 6. The van der Waals surface area contributed by atoms with E-state index in [9.17, 15) is 0 Å². The van der Waals surface area contributed by atoms with Crippen LogP contribution in [-0.4, -0.2) is 35.4 Å². The van der Waals surface area contributed by atoms with Gasteiger partial charge in [0.2, 0.25) is 0 Å². The topological polar surface area (TPSA) is 47.0 Å². The van der Waals surface area contributed by atoms with Crippen LogP contribution in [0.4, 0.5) is 0 Å². The van der Waals surface area contributed by atoms with E-state index in [1.165, 1.54) is 19.3 Å². The number of hydrogen-bond donors (Lipinski definition) is 0. The Morgan fingerprint density at radius 2 is 2.04 bits per heavy atom. The molecule has 1 aromatic carbocycles. The van der Waals surface area contributed by atoms with Crippen LogP contribution in [0.25, 0.3) is 0 Å². The number of ether oxygens (including phenoxy) is 2. The second-order valence-electron chi connectivity index (χ2n) is 6.81. The van der Waals surface area contributed by atoms with E-state index < -0.39 is 0 Å². The molecule has 5 nitrogen and oxygen atoms in total. The Morgan fingerprint density at radius 3 is 2.69 bits per heavy atom. The first-order valence-electron chi connectivity index (χ1n) is 9.11. The lowest BCUT2D eigenvalue weighted by molar-refractivity contribution is 0.109. The molecule has 2 atom stereocenters. The number of piperidine rings is 1. The predicted octanol–water partition coefficient (Wildman–Crippen LogP) is 4.64. The number of methoxy groups -OCH3 is 1. The van der Waals surface area contributed by atoms with E-state index in [0.717, 1.165) is 22.0 Å². The van der Waals surface area contributed by atoms with Crippen LogP contribution in [0.1, 0.15) is 49.4 Å². The number of hydrazone groups is 1. The Hall–Kier alpha value is -2.08. The van der Waals surface area contributed by atoms with Crippen molar-refractivity contribution in [2.24, 2.45) is 5.10 Å². The fourth-order valence-corrected chi connectivity index (χ4v) is 3.88. The van der Waals surface area contributed by atoms with Crippen LogP contribution in [0, 0.1) is 6.92 Å². The second-order valence-corrected chi connectivity index (χ2v) is 7.87. The van der Waals surface area contributed by atoms with Crippen LogP contribution in [0.15, 0.2) is 28.7 Å². The molecule has 1 fully saturated rings. The van der Waals surface area contributed by atoms with Crippen molar-refractivity contribution in [3.8, 4) is 11.5 Å². The van der Waals surface area contributed by atoms with Crippen LogP contribution in [0.2, 0.25) is 0 Å². The van der Waals surface area contributed by atoms with Gasteiger partial charge in [-0.2, -0.15) is 5.10 Å². The van der Waals surface area contributed by atoms with Crippen molar-refractivity contribution in [1.82, 2.24) is 9.99 Å². The maximum absolute atomic E-state index is 5.88. The molecule has 0 bridgehead atoms. The Bertz CT molecular complexity index is 749. The molecule has 1 aliphatic rings.